The molecule has 2 aliphatic rings. The van der Waals surface area contributed by atoms with Gasteiger partial charge in [-0.3, -0.25) is 14.6 Å². The van der Waals surface area contributed by atoms with Gasteiger partial charge in [-0.05, 0) is 49.6 Å². The number of anilines is 2. The molecule has 5 rings (SSSR count). The molecule has 2 aliphatic heterocycles. The molecule has 5 nitrogen and oxygen atoms in total. The first kappa shape index (κ1) is 16.0. The van der Waals surface area contributed by atoms with E-state index in [0.717, 1.165) is 29.5 Å². The van der Waals surface area contributed by atoms with Crippen LogP contribution in [0.5, 0.6) is 0 Å². The van der Waals surface area contributed by atoms with Crippen LogP contribution in [0, 0.1) is 0 Å². The minimum Gasteiger partial charge on any atom is -0.371 e. The maximum absolute atomic E-state index is 13.2. The highest BCUT2D eigenvalue weighted by molar-refractivity contribution is 6.36. The van der Waals surface area contributed by atoms with Crippen molar-refractivity contribution in [3.63, 3.8) is 0 Å². The number of nitrogens with zero attached hydrogens (tertiary/aromatic N) is 3. The lowest BCUT2D eigenvalue weighted by atomic mass is 9.92. The first-order chi connectivity index (χ1) is 13.3. The highest BCUT2D eigenvalue weighted by Gasteiger charge is 2.34. The van der Waals surface area contributed by atoms with Crippen molar-refractivity contribution < 1.29 is 9.59 Å². The average Bonchev–Trinajstić information content (AvgIpc) is 2.73. The van der Waals surface area contributed by atoms with Crippen LogP contribution in [0.25, 0.3) is 10.8 Å². The Hall–Kier alpha value is -3.21. The zero-order chi connectivity index (χ0) is 18.4. The summed E-state index contributed by atoms with van der Waals surface area (Å²) in [7, 11) is 0. The number of hydrogen-bond acceptors (Lipinski definition) is 4. The number of imide groups is 1. The number of piperidine rings is 1. The third-order valence-corrected chi connectivity index (χ3v) is 5.49. The molecule has 1 aromatic heterocycles. The molecule has 0 radical (unpaired) electrons. The lowest BCUT2D eigenvalue weighted by Crippen LogP contribution is -2.40. The van der Waals surface area contributed by atoms with Crippen molar-refractivity contribution in [1.29, 1.82) is 0 Å². The fourth-order valence-corrected chi connectivity index (χ4v) is 4.21. The first-order valence-electron chi connectivity index (χ1n) is 9.35. The minimum absolute atomic E-state index is 0.290. The summed E-state index contributed by atoms with van der Waals surface area (Å²) in [5, 5.41) is 1.76. The molecule has 27 heavy (non-hydrogen) atoms. The van der Waals surface area contributed by atoms with Crippen molar-refractivity contribution >= 4 is 34.0 Å². The Morgan fingerprint density at radius 3 is 2.33 bits per heavy atom. The maximum Gasteiger partial charge on any atom is 0.266 e. The standard InChI is InChI=1S/C22H19N3O2/c26-21-17-8-4-7-16-19(24-12-2-1-3-13-24)10-9-18(20(16)17)22(27)25(21)15-6-5-11-23-14-15/h4-11,14H,1-3,12-13H2. The number of aromatic nitrogens is 1. The average molecular weight is 357 g/mol. The Morgan fingerprint density at radius 1 is 0.815 bits per heavy atom. The molecule has 0 N–H and O–H groups in total. The van der Waals surface area contributed by atoms with Crippen molar-refractivity contribution in [1.82, 2.24) is 4.98 Å². The van der Waals surface area contributed by atoms with E-state index in [0.29, 0.717) is 16.8 Å². The van der Waals surface area contributed by atoms with Crippen LogP contribution >= 0.6 is 0 Å². The zero-order valence-corrected chi connectivity index (χ0v) is 14.9. The van der Waals surface area contributed by atoms with E-state index in [1.807, 2.05) is 30.3 Å². The van der Waals surface area contributed by atoms with E-state index in [-0.39, 0.29) is 11.8 Å². The lowest BCUT2D eigenvalue weighted by Gasteiger charge is -2.32. The molecule has 134 valence electrons. The van der Waals surface area contributed by atoms with E-state index in [1.54, 1.807) is 24.5 Å². The van der Waals surface area contributed by atoms with Gasteiger partial charge in [0.05, 0.1) is 11.9 Å². The second kappa shape index (κ2) is 6.20. The molecule has 1 fully saturated rings. The molecule has 1 saturated heterocycles. The SMILES string of the molecule is O=C1c2cccc3c(N4CCCCC4)ccc(c23)C(=O)N1c1cccnc1. The predicted molar refractivity (Wildman–Crippen MR) is 105 cm³/mol. The minimum atomic E-state index is -0.290. The van der Waals surface area contributed by atoms with Gasteiger partial charge in [-0.2, -0.15) is 0 Å². The Morgan fingerprint density at radius 2 is 1.59 bits per heavy atom. The van der Waals surface area contributed by atoms with Crippen molar-refractivity contribution in [3.8, 4) is 0 Å². The van der Waals surface area contributed by atoms with Gasteiger partial charge in [-0.15, -0.1) is 0 Å². The molecular formula is C22H19N3O2. The van der Waals surface area contributed by atoms with Crippen molar-refractivity contribution in [2.24, 2.45) is 0 Å². The Kier molecular flexibility index (Phi) is 3.67. The van der Waals surface area contributed by atoms with Crippen LogP contribution in [0.1, 0.15) is 40.0 Å². The monoisotopic (exact) mass is 357 g/mol. The Balaban J connectivity index is 1.70. The van der Waals surface area contributed by atoms with Crippen LogP contribution in [0.2, 0.25) is 0 Å². The number of amides is 2. The molecule has 5 heteroatoms. The van der Waals surface area contributed by atoms with Gasteiger partial charge in [-0.1, -0.05) is 12.1 Å². The van der Waals surface area contributed by atoms with E-state index in [1.165, 1.54) is 24.2 Å². The number of hydrogen-bond donors (Lipinski definition) is 0. The van der Waals surface area contributed by atoms with Gasteiger partial charge in [0.1, 0.15) is 0 Å². The van der Waals surface area contributed by atoms with Crippen LogP contribution in [-0.4, -0.2) is 29.9 Å². The van der Waals surface area contributed by atoms with E-state index < -0.39 is 0 Å². The number of carbonyl (C=O) groups is 2. The zero-order valence-electron chi connectivity index (χ0n) is 14.9. The summed E-state index contributed by atoms with van der Waals surface area (Å²) in [6.45, 7) is 2.03. The third-order valence-electron chi connectivity index (χ3n) is 5.49. The molecule has 3 aromatic rings. The number of benzene rings is 2. The van der Waals surface area contributed by atoms with Gasteiger partial charge in [0.2, 0.25) is 0 Å². The number of carbonyl (C=O) groups excluding carboxylic acids is 2. The van der Waals surface area contributed by atoms with E-state index in [4.69, 9.17) is 0 Å². The van der Waals surface area contributed by atoms with Gasteiger partial charge < -0.3 is 4.90 Å². The molecule has 0 atom stereocenters. The second-order valence-electron chi connectivity index (χ2n) is 7.07. The van der Waals surface area contributed by atoms with Crippen molar-refractivity contribution in [2.75, 3.05) is 22.9 Å². The van der Waals surface area contributed by atoms with Crippen LogP contribution in [0.4, 0.5) is 11.4 Å². The van der Waals surface area contributed by atoms with E-state index >= 15 is 0 Å². The molecule has 0 spiro atoms. The second-order valence-corrected chi connectivity index (χ2v) is 7.07. The number of rotatable bonds is 2. The third kappa shape index (κ3) is 2.42. The summed E-state index contributed by atoms with van der Waals surface area (Å²) in [6, 6.07) is 13.1. The molecule has 2 aromatic carbocycles. The molecule has 3 heterocycles. The van der Waals surface area contributed by atoms with Gasteiger partial charge in [-0.25, -0.2) is 4.90 Å². The van der Waals surface area contributed by atoms with Gasteiger partial charge in [0.15, 0.2) is 0 Å². The van der Waals surface area contributed by atoms with Gasteiger partial charge in [0.25, 0.3) is 11.8 Å². The van der Waals surface area contributed by atoms with Crippen molar-refractivity contribution in [3.05, 3.63) is 66.0 Å². The smallest absolute Gasteiger partial charge is 0.266 e. The summed E-state index contributed by atoms with van der Waals surface area (Å²) in [5.41, 5.74) is 2.76. The topological polar surface area (TPSA) is 53.5 Å². The van der Waals surface area contributed by atoms with Crippen LogP contribution in [0.15, 0.2) is 54.9 Å². The van der Waals surface area contributed by atoms with Crippen LogP contribution in [0.3, 0.4) is 0 Å². The highest BCUT2D eigenvalue weighted by Crippen LogP contribution is 2.37. The molecular weight excluding hydrogens is 338 g/mol. The lowest BCUT2D eigenvalue weighted by molar-refractivity contribution is 0.0893. The fraction of sp³-hybridized carbons (Fsp3) is 0.227. The summed E-state index contributed by atoms with van der Waals surface area (Å²) in [6.07, 6.45) is 6.78. The van der Waals surface area contributed by atoms with Gasteiger partial charge >= 0.3 is 0 Å². The summed E-state index contributed by atoms with van der Waals surface area (Å²) < 4.78 is 0. The number of pyridine rings is 1. The quantitative estimate of drug-likeness (QED) is 0.650. The molecule has 0 saturated carbocycles. The normalized spacial score (nSPS) is 16.9. The Labute approximate surface area is 157 Å². The molecule has 0 aliphatic carbocycles. The van der Waals surface area contributed by atoms with Crippen LogP contribution in [-0.2, 0) is 0 Å². The highest BCUT2D eigenvalue weighted by atomic mass is 16.2. The molecule has 0 bridgehead atoms. The van der Waals surface area contributed by atoms with E-state index in [9.17, 15) is 9.59 Å². The largest absolute Gasteiger partial charge is 0.371 e. The molecule has 0 unspecified atom stereocenters. The Bertz CT molecular complexity index is 1030. The summed E-state index contributed by atoms with van der Waals surface area (Å²) in [5.74, 6) is -0.580. The predicted octanol–water partition coefficient (Wildman–Crippen LogP) is 4.03. The summed E-state index contributed by atoms with van der Waals surface area (Å²) >= 11 is 0. The van der Waals surface area contributed by atoms with E-state index in [2.05, 4.69) is 9.88 Å². The molecule has 2 amide bonds. The fourth-order valence-electron chi connectivity index (χ4n) is 4.21. The summed E-state index contributed by atoms with van der Waals surface area (Å²) in [4.78, 5) is 34.0. The maximum atomic E-state index is 13.2. The van der Waals surface area contributed by atoms with Crippen molar-refractivity contribution in [2.45, 2.75) is 19.3 Å². The first-order valence-corrected chi connectivity index (χ1v) is 9.35. The van der Waals surface area contributed by atoms with Gasteiger partial charge in [0, 0.05) is 46.9 Å². The van der Waals surface area contributed by atoms with Crippen LogP contribution < -0.4 is 9.80 Å².